The summed E-state index contributed by atoms with van der Waals surface area (Å²) in [7, 11) is 1.72. The molecule has 1 N–H and O–H groups in total. The van der Waals surface area contributed by atoms with Crippen molar-refractivity contribution in [3.8, 4) is 11.8 Å². The summed E-state index contributed by atoms with van der Waals surface area (Å²) in [6, 6.07) is 10.9. The average Bonchev–Trinajstić information content (AvgIpc) is 2.90. The summed E-state index contributed by atoms with van der Waals surface area (Å²) < 4.78 is 4.02. The minimum atomic E-state index is -0.641. The Bertz CT molecular complexity index is 1260. The van der Waals surface area contributed by atoms with Crippen molar-refractivity contribution >= 4 is 11.6 Å². The van der Waals surface area contributed by atoms with E-state index >= 15 is 0 Å². The largest absolute Gasteiger partial charge is 0.318 e. The predicted molar refractivity (Wildman–Crippen MR) is 107 cm³/mol. The number of anilines is 1. The van der Waals surface area contributed by atoms with Crippen LogP contribution in [-0.2, 0) is 18.4 Å². The van der Waals surface area contributed by atoms with Gasteiger partial charge in [-0.3, -0.25) is 19.1 Å². The molecule has 2 heterocycles. The molecule has 0 saturated heterocycles. The number of aryl methyl sites for hydroxylation is 1. The molecule has 9 nitrogen and oxygen atoms in total. The lowest BCUT2D eigenvalue weighted by Gasteiger charge is -2.09. The van der Waals surface area contributed by atoms with Gasteiger partial charge in [-0.1, -0.05) is 18.2 Å². The van der Waals surface area contributed by atoms with Crippen LogP contribution in [0.15, 0.2) is 39.9 Å². The van der Waals surface area contributed by atoms with Gasteiger partial charge in [0.15, 0.2) is 0 Å². The summed E-state index contributed by atoms with van der Waals surface area (Å²) in [5, 5.41) is 15.9. The summed E-state index contributed by atoms with van der Waals surface area (Å²) in [6.45, 7) is 4.59. The molecule has 0 spiro atoms. The Kier molecular flexibility index (Phi) is 5.19. The van der Waals surface area contributed by atoms with E-state index in [1.807, 2.05) is 24.3 Å². The summed E-state index contributed by atoms with van der Waals surface area (Å²) in [5.74, 6) is -0.585. The van der Waals surface area contributed by atoms with Gasteiger partial charge >= 0.3 is 0 Å². The van der Waals surface area contributed by atoms with Gasteiger partial charge in [-0.2, -0.15) is 10.4 Å². The lowest BCUT2D eigenvalue weighted by Crippen LogP contribution is -2.33. The molecule has 1 aromatic carbocycles. The van der Waals surface area contributed by atoms with E-state index in [0.717, 1.165) is 4.68 Å². The Balaban J connectivity index is 1.94. The molecule has 148 valence electrons. The topological polar surface area (TPSA) is 115 Å². The highest BCUT2D eigenvalue weighted by Crippen LogP contribution is 2.14. The molecular weight excluding hydrogens is 372 g/mol. The number of hydrogen-bond acceptors (Lipinski definition) is 5. The Labute approximate surface area is 166 Å². The van der Waals surface area contributed by atoms with Crippen molar-refractivity contribution in [1.29, 1.82) is 5.26 Å². The Morgan fingerprint density at radius 1 is 1.14 bits per heavy atom. The van der Waals surface area contributed by atoms with Crippen LogP contribution in [0.1, 0.15) is 22.5 Å². The fourth-order valence-corrected chi connectivity index (χ4v) is 3.04. The van der Waals surface area contributed by atoms with Gasteiger partial charge in [-0.15, -0.1) is 0 Å². The molecule has 0 fully saturated rings. The second kappa shape index (κ2) is 7.59. The number of para-hydroxylation sites is 1. The molecule has 3 rings (SSSR count). The number of rotatable bonds is 4. The normalized spacial score (nSPS) is 10.6. The van der Waals surface area contributed by atoms with Crippen molar-refractivity contribution in [2.75, 3.05) is 5.32 Å². The number of nitrogens with zero attached hydrogens (tertiary/aromatic N) is 5. The second-order valence-corrected chi connectivity index (χ2v) is 6.64. The van der Waals surface area contributed by atoms with Crippen molar-refractivity contribution < 1.29 is 4.79 Å². The number of nitriles is 1. The van der Waals surface area contributed by atoms with Gasteiger partial charge in [0, 0.05) is 7.05 Å². The maximum atomic E-state index is 12.9. The van der Waals surface area contributed by atoms with E-state index < -0.39 is 18.0 Å². The smallest absolute Gasteiger partial charge is 0.295 e. The van der Waals surface area contributed by atoms with Gasteiger partial charge in [-0.25, -0.2) is 9.36 Å². The van der Waals surface area contributed by atoms with Crippen LogP contribution in [0.3, 0.4) is 0 Å². The highest BCUT2D eigenvalue weighted by Gasteiger charge is 2.19. The van der Waals surface area contributed by atoms with Crippen LogP contribution in [0.4, 0.5) is 5.69 Å². The van der Waals surface area contributed by atoms with Crippen LogP contribution >= 0.6 is 0 Å². The zero-order valence-corrected chi connectivity index (χ0v) is 16.6. The van der Waals surface area contributed by atoms with Crippen LogP contribution in [0.2, 0.25) is 0 Å². The van der Waals surface area contributed by atoms with Gasteiger partial charge in [0.05, 0.1) is 17.1 Å². The van der Waals surface area contributed by atoms with Crippen LogP contribution in [0, 0.1) is 32.1 Å². The Morgan fingerprint density at radius 2 is 1.79 bits per heavy atom. The van der Waals surface area contributed by atoms with Gasteiger partial charge in [0.2, 0.25) is 5.91 Å². The summed E-state index contributed by atoms with van der Waals surface area (Å²) in [5.41, 5.74) is 1.24. The first-order valence-corrected chi connectivity index (χ1v) is 8.88. The molecule has 0 bridgehead atoms. The van der Waals surface area contributed by atoms with Crippen molar-refractivity contribution in [3.63, 3.8) is 0 Å². The van der Waals surface area contributed by atoms with E-state index in [1.54, 1.807) is 44.6 Å². The molecule has 2 aromatic heterocycles. The molecule has 3 aromatic rings. The summed E-state index contributed by atoms with van der Waals surface area (Å²) in [4.78, 5) is 37.8. The molecule has 29 heavy (non-hydrogen) atoms. The first-order chi connectivity index (χ1) is 13.8. The maximum absolute atomic E-state index is 12.9. The number of benzene rings is 1. The number of nitrogens with one attached hydrogen (secondary N) is 1. The van der Waals surface area contributed by atoms with Crippen molar-refractivity contribution in [1.82, 2.24) is 19.1 Å². The van der Waals surface area contributed by atoms with Crippen molar-refractivity contribution in [3.05, 3.63) is 73.6 Å². The molecule has 0 aliphatic rings. The SMILES string of the molecule is Cc1nn(CC(=O)Nc2c(C)n(C)n(-c3ccccc3)c2=O)c(=O)c(C#N)c1C. The quantitative estimate of drug-likeness (QED) is 0.716. The van der Waals surface area contributed by atoms with Crippen molar-refractivity contribution in [2.45, 2.75) is 27.3 Å². The fourth-order valence-electron chi connectivity index (χ4n) is 3.04. The number of amides is 1. The second-order valence-electron chi connectivity index (χ2n) is 6.64. The van der Waals surface area contributed by atoms with E-state index in [-0.39, 0.29) is 16.8 Å². The fraction of sp³-hybridized carbons (Fsp3) is 0.250. The molecule has 9 heteroatoms. The lowest BCUT2D eigenvalue weighted by molar-refractivity contribution is -0.117. The number of aromatic nitrogens is 4. The van der Waals surface area contributed by atoms with Crippen LogP contribution in [0.5, 0.6) is 0 Å². The first kappa shape index (κ1) is 19.8. The minimum Gasteiger partial charge on any atom is -0.318 e. The van der Waals surface area contributed by atoms with Gasteiger partial charge < -0.3 is 5.32 Å². The molecule has 0 radical (unpaired) electrons. The van der Waals surface area contributed by atoms with E-state index in [9.17, 15) is 19.6 Å². The van der Waals surface area contributed by atoms with Crippen LogP contribution < -0.4 is 16.4 Å². The van der Waals surface area contributed by atoms with Crippen molar-refractivity contribution in [2.24, 2.45) is 7.05 Å². The number of carbonyl (C=O) groups excluding carboxylic acids is 1. The third-order valence-corrected chi connectivity index (χ3v) is 4.86. The third-order valence-electron chi connectivity index (χ3n) is 4.86. The Morgan fingerprint density at radius 3 is 2.41 bits per heavy atom. The molecule has 0 saturated carbocycles. The van der Waals surface area contributed by atoms with Gasteiger partial charge in [-0.05, 0) is 38.5 Å². The monoisotopic (exact) mass is 392 g/mol. The predicted octanol–water partition coefficient (Wildman–Crippen LogP) is 1.17. The zero-order valence-electron chi connectivity index (χ0n) is 16.6. The minimum absolute atomic E-state index is 0.0485. The number of hydrogen-bond donors (Lipinski definition) is 1. The first-order valence-electron chi connectivity index (χ1n) is 8.88. The average molecular weight is 392 g/mol. The Hall–Kier alpha value is -3.93. The molecule has 0 atom stereocenters. The van der Waals surface area contributed by atoms with E-state index in [0.29, 0.717) is 22.6 Å². The molecule has 0 aliphatic heterocycles. The maximum Gasteiger partial charge on any atom is 0.295 e. The van der Waals surface area contributed by atoms with E-state index in [1.165, 1.54) is 4.68 Å². The van der Waals surface area contributed by atoms with E-state index in [4.69, 9.17) is 0 Å². The zero-order chi connectivity index (χ0) is 21.3. The highest BCUT2D eigenvalue weighted by atomic mass is 16.2. The van der Waals surface area contributed by atoms with Crippen LogP contribution in [-0.4, -0.2) is 25.1 Å². The van der Waals surface area contributed by atoms with Gasteiger partial charge in [0.1, 0.15) is 23.9 Å². The van der Waals surface area contributed by atoms with E-state index in [2.05, 4.69) is 10.4 Å². The third kappa shape index (κ3) is 3.48. The number of carbonyl (C=O) groups is 1. The standard InChI is InChI=1S/C20H20N6O3/c1-12-13(2)23-25(19(28)16(12)10-21)11-17(27)22-18-14(3)24(4)26(20(18)29)15-8-6-5-7-9-15/h5-9H,11H2,1-4H3,(H,22,27). The molecular formula is C20H20N6O3. The molecule has 1 amide bonds. The summed E-state index contributed by atoms with van der Waals surface area (Å²) >= 11 is 0. The highest BCUT2D eigenvalue weighted by molar-refractivity contribution is 5.91. The van der Waals surface area contributed by atoms with Crippen LogP contribution in [0.25, 0.3) is 5.69 Å². The summed E-state index contributed by atoms with van der Waals surface area (Å²) in [6.07, 6.45) is 0. The lowest BCUT2D eigenvalue weighted by atomic mass is 10.1. The molecule has 0 unspecified atom stereocenters. The molecule has 0 aliphatic carbocycles. The van der Waals surface area contributed by atoms with Gasteiger partial charge in [0.25, 0.3) is 11.1 Å².